The van der Waals surface area contributed by atoms with E-state index in [9.17, 15) is 0 Å². The summed E-state index contributed by atoms with van der Waals surface area (Å²) < 4.78 is 0. The van der Waals surface area contributed by atoms with Crippen LogP contribution in [0.1, 0.15) is 36.1 Å². The van der Waals surface area contributed by atoms with Gasteiger partial charge in [-0.05, 0) is 18.8 Å². The first kappa shape index (κ1) is 16.7. The molecule has 2 N–H and O–H groups in total. The third kappa shape index (κ3) is 6.07. The van der Waals surface area contributed by atoms with Gasteiger partial charge in [0.05, 0.1) is 6.54 Å². The molecule has 19 heavy (non-hydrogen) atoms. The van der Waals surface area contributed by atoms with Gasteiger partial charge in [-0.3, -0.25) is 4.99 Å². The second-order valence-corrected chi connectivity index (χ2v) is 5.86. The van der Waals surface area contributed by atoms with Crippen LogP contribution in [0.15, 0.2) is 11.2 Å². The van der Waals surface area contributed by atoms with Crippen LogP contribution in [0.3, 0.4) is 0 Å². The summed E-state index contributed by atoms with van der Waals surface area (Å²) in [6, 6.07) is 0. The van der Waals surface area contributed by atoms with Crippen molar-refractivity contribution in [3.63, 3.8) is 0 Å². The average molecular weight is 394 g/mol. The molecule has 0 radical (unpaired) electrons. The molecule has 0 spiro atoms. The van der Waals surface area contributed by atoms with Gasteiger partial charge < -0.3 is 10.6 Å². The molecule has 0 aliphatic heterocycles. The van der Waals surface area contributed by atoms with Crippen LogP contribution in [-0.2, 0) is 13.0 Å². The lowest BCUT2D eigenvalue weighted by Gasteiger charge is -2.10. The van der Waals surface area contributed by atoms with Crippen molar-refractivity contribution in [3.8, 4) is 0 Å². The minimum absolute atomic E-state index is 0. The van der Waals surface area contributed by atoms with Crippen LogP contribution in [0.5, 0.6) is 0 Å². The molecular weight excluding hydrogens is 371 g/mol. The lowest BCUT2D eigenvalue weighted by Crippen LogP contribution is -2.37. The molecule has 0 saturated heterocycles. The van der Waals surface area contributed by atoms with E-state index in [1.807, 2.05) is 13.2 Å². The third-order valence-corrected chi connectivity index (χ3v) is 4.26. The molecule has 1 aromatic rings. The van der Waals surface area contributed by atoms with Crippen LogP contribution in [0.4, 0.5) is 0 Å². The molecule has 1 heterocycles. The number of hydrogen-bond acceptors (Lipinski definition) is 3. The first-order valence-electron chi connectivity index (χ1n) is 6.70. The van der Waals surface area contributed by atoms with Crippen molar-refractivity contribution in [1.29, 1.82) is 0 Å². The fraction of sp³-hybridized carbons (Fsp3) is 0.692. The number of guanidine groups is 1. The van der Waals surface area contributed by atoms with Gasteiger partial charge in [0.1, 0.15) is 5.01 Å². The van der Waals surface area contributed by atoms with Gasteiger partial charge in [-0.25, -0.2) is 4.98 Å². The molecule has 1 aliphatic rings. The summed E-state index contributed by atoms with van der Waals surface area (Å²) in [4.78, 5) is 9.94. The molecule has 4 nitrogen and oxygen atoms in total. The van der Waals surface area contributed by atoms with Crippen LogP contribution in [0.2, 0.25) is 0 Å². The lowest BCUT2D eigenvalue weighted by molar-refractivity contribution is 0.684. The molecule has 108 valence electrons. The predicted octanol–water partition coefficient (Wildman–Crippen LogP) is 2.79. The third-order valence-electron chi connectivity index (χ3n) is 3.12. The summed E-state index contributed by atoms with van der Waals surface area (Å²) in [5.41, 5.74) is 0. The van der Waals surface area contributed by atoms with E-state index in [0.29, 0.717) is 0 Å². The number of aromatic nitrogens is 1. The van der Waals surface area contributed by atoms with Crippen molar-refractivity contribution < 1.29 is 0 Å². The molecule has 0 bridgehead atoms. The van der Waals surface area contributed by atoms with Gasteiger partial charge >= 0.3 is 0 Å². The van der Waals surface area contributed by atoms with Crippen LogP contribution >= 0.6 is 35.3 Å². The molecule has 0 atom stereocenters. The smallest absolute Gasteiger partial charge is 0.191 e. The first-order valence-corrected chi connectivity index (χ1v) is 7.51. The quantitative estimate of drug-likeness (QED) is 0.443. The second-order valence-electron chi connectivity index (χ2n) is 4.66. The summed E-state index contributed by atoms with van der Waals surface area (Å²) in [6.07, 6.45) is 7.11. The van der Waals surface area contributed by atoms with Crippen molar-refractivity contribution in [2.45, 2.75) is 39.2 Å². The Hall–Kier alpha value is -0.370. The number of aliphatic imine (C=N–C) groups is 1. The van der Waals surface area contributed by atoms with Crippen LogP contribution < -0.4 is 10.6 Å². The summed E-state index contributed by atoms with van der Waals surface area (Å²) >= 11 is 1.77. The van der Waals surface area contributed by atoms with E-state index in [0.717, 1.165) is 36.4 Å². The molecule has 1 aliphatic carbocycles. The number of nitrogens with one attached hydrogen (secondary N) is 2. The molecule has 0 aromatic carbocycles. The fourth-order valence-electron chi connectivity index (χ4n) is 1.77. The van der Waals surface area contributed by atoms with Crippen molar-refractivity contribution >= 4 is 41.3 Å². The van der Waals surface area contributed by atoms with Crippen molar-refractivity contribution in [2.75, 3.05) is 13.6 Å². The maximum atomic E-state index is 4.39. The molecule has 0 unspecified atom stereocenters. The van der Waals surface area contributed by atoms with E-state index in [1.54, 1.807) is 11.3 Å². The zero-order valence-electron chi connectivity index (χ0n) is 11.6. The predicted molar refractivity (Wildman–Crippen MR) is 92.4 cm³/mol. The van der Waals surface area contributed by atoms with Gasteiger partial charge in [-0.15, -0.1) is 35.3 Å². The molecule has 1 aromatic heterocycles. The second kappa shape index (κ2) is 8.73. The maximum Gasteiger partial charge on any atom is 0.191 e. The van der Waals surface area contributed by atoms with E-state index in [-0.39, 0.29) is 24.0 Å². The molecule has 1 saturated carbocycles. The average Bonchev–Trinajstić information content (AvgIpc) is 3.10. The Morgan fingerprint density at radius 3 is 2.84 bits per heavy atom. The minimum Gasteiger partial charge on any atom is -0.356 e. The number of thiazole rings is 1. The van der Waals surface area contributed by atoms with E-state index in [1.165, 1.54) is 24.1 Å². The molecule has 1 fully saturated rings. The van der Waals surface area contributed by atoms with Crippen molar-refractivity contribution in [1.82, 2.24) is 15.6 Å². The summed E-state index contributed by atoms with van der Waals surface area (Å²) in [5.74, 6) is 1.84. The standard InChI is InChI=1S/C13H22N4S.HI/c1-3-11-8-16-12(18-11)9-17-13(14-2)15-7-6-10-4-5-10;/h8,10H,3-7,9H2,1-2H3,(H2,14,15,17);1H. The molecular formula is C13H23IN4S. The number of halogens is 1. The Labute approximate surface area is 136 Å². The fourth-order valence-corrected chi connectivity index (χ4v) is 2.58. The lowest BCUT2D eigenvalue weighted by atomic mass is 10.3. The maximum absolute atomic E-state index is 4.39. The number of nitrogens with zero attached hydrogens (tertiary/aromatic N) is 2. The Balaban J connectivity index is 0.00000180. The van der Waals surface area contributed by atoms with Gasteiger partial charge in [0.2, 0.25) is 0 Å². The van der Waals surface area contributed by atoms with Crippen molar-refractivity contribution in [3.05, 3.63) is 16.1 Å². The zero-order valence-corrected chi connectivity index (χ0v) is 14.8. The number of rotatable bonds is 6. The summed E-state index contributed by atoms with van der Waals surface area (Å²) in [5, 5.41) is 7.77. The van der Waals surface area contributed by atoms with Gasteiger partial charge in [-0.1, -0.05) is 19.8 Å². The van der Waals surface area contributed by atoms with Crippen molar-refractivity contribution in [2.24, 2.45) is 10.9 Å². The summed E-state index contributed by atoms with van der Waals surface area (Å²) in [7, 11) is 1.81. The minimum atomic E-state index is 0. The van der Waals surface area contributed by atoms with Gasteiger partial charge in [0.25, 0.3) is 0 Å². The van der Waals surface area contributed by atoms with E-state index < -0.39 is 0 Å². The van der Waals surface area contributed by atoms with E-state index >= 15 is 0 Å². The molecule has 6 heteroatoms. The van der Waals surface area contributed by atoms with Gasteiger partial charge in [-0.2, -0.15) is 0 Å². The zero-order chi connectivity index (χ0) is 12.8. The highest BCUT2D eigenvalue weighted by molar-refractivity contribution is 14.0. The SMILES string of the molecule is CCc1cnc(CNC(=NC)NCCC2CC2)s1.I. The highest BCUT2D eigenvalue weighted by Gasteiger charge is 2.20. The molecule has 0 amide bonds. The van der Waals surface area contributed by atoms with E-state index in [4.69, 9.17) is 0 Å². The van der Waals surface area contributed by atoms with Crippen LogP contribution in [0, 0.1) is 5.92 Å². The summed E-state index contributed by atoms with van der Waals surface area (Å²) in [6.45, 7) is 3.93. The van der Waals surface area contributed by atoms with Crippen LogP contribution in [0.25, 0.3) is 0 Å². The molecule has 2 rings (SSSR count). The van der Waals surface area contributed by atoms with E-state index in [2.05, 4.69) is 27.5 Å². The highest BCUT2D eigenvalue weighted by Crippen LogP contribution is 2.31. The Kier molecular flexibility index (Phi) is 7.67. The number of aryl methyl sites for hydroxylation is 1. The number of hydrogen-bond donors (Lipinski definition) is 2. The highest BCUT2D eigenvalue weighted by atomic mass is 127. The normalized spacial score (nSPS) is 14.9. The Morgan fingerprint density at radius 2 is 2.26 bits per heavy atom. The monoisotopic (exact) mass is 394 g/mol. The van der Waals surface area contributed by atoms with Gasteiger partial charge in [0, 0.05) is 24.7 Å². The van der Waals surface area contributed by atoms with Gasteiger partial charge in [0.15, 0.2) is 5.96 Å². The topological polar surface area (TPSA) is 49.3 Å². The van der Waals surface area contributed by atoms with Crippen LogP contribution in [-0.4, -0.2) is 24.5 Å². The first-order chi connectivity index (χ1) is 8.81. The Bertz CT molecular complexity index is 401. The largest absolute Gasteiger partial charge is 0.356 e. The Morgan fingerprint density at radius 1 is 1.47 bits per heavy atom.